The average Bonchev–Trinajstić information content (AvgIpc) is 2.43. The van der Waals surface area contributed by atoms with E-state index in [1.54, 1.807) is 0 Å². The van der Waals surface area contributed by atoms with Gasteiger partial charge in [-0.2, -0.15) is 11.8 Å². The van der Waals surface area contributed by atoms with E-state index in [0.717, 1.165) is 11.5 Å². The van der Waals surface area contributed by atoms with E-state index < -0.39 is 5.91 Å². The molecule has 0 aliphatic carbocycles. The van der Waals surface area contributed by atoms with Crippen LogP contribution in [0.15, 0.2) is 0 Å². The summed E-state index contributed by atoms with van der Waals surface area (Å²) in [6.45, 7) is 2.27. The van der Waals surface area contributed by atoms with E-state index in [2.05, 4.69) is 6.92 Å². The van der Waals surface area contributed by atoms with Crippen LogP contribution in [0.5, 0.6) is 0 Å². The Balaban J connectivity index is 2.94. The first-order valence-corrected chi connectivity index (χ1v) is 9.75. The molecule has 1 amide bonds. The van der Waals surface area contributed by atoms with Gasteiger partial charge in [-0.15, -0.1) is 0 Å². The second-order valence-corrected chi connectivity index (χ2v) is 6.90. The molecule has 2 nitrogen and oxygen atoms in total. The van der Waals surface area contributed by atoms with Crippen molar-refractivity contribution in [2.24, 2.45) is 0 Å². The zero-order valence-corrected chi connectivity index (χ0v) is 14.2. The zero-order valence-electron chi connectivity index (χ0n) is 13.4. The van der Waals surface area contributed by atoms with Gasteiger partial charge in [-0.05, 0) is 12.2 Å². The van der Waals surface area contributed by atoms with Crippen LogP contribution in [0.3, 0.4) is 0 Å². The van der Waals surface area contributed by atoms with Crippen molar-refractivity contribution in [3.63, 3.8) is 0 Å². The molecule has 0 aliphatic rings. The summed E-state index contributed by atoms with van der Waals surface area (Å²) >= 11 is 1.82. The first-order chi connectivity index (χ1) is 9.77. The van der Waals surface area contributed by atoms with Crippen LogP contribution >= 0.6 is 11.8 Å². The van der Waals surface area contributed by atoms with E-state index in [4.69, 9.17) is 5.73 Å². The molecule has 0 saturated heterocycles. The van der Waals surface area contributed by atoms with Crippen LogP contribution in [-0.4, -0.2) is 17.4 Å². The Bertz CT molecular complexity index is 209. The summed E-state index contributed by atoms with van der Waals surface area (Å²) in [6.07, 6.45) is 17.1. The largest absolute Gasteiger partial charge is 0.273 e. The van der Waals surface area contributed by atoms with Crippen LogP contribution in [0.4, 0.5) is 0 Å². The first kappa shape index (κ1) is 19.8. The lowest BCUT2D eigenvalue weighted by atomic mass is 10.1. The SMILES string of the molecule is CCCCCCCCCCCCCCSCCC([NH])=O. The second-order valence-electron chi connectivity index (χ2n) is 5.67. The summed E-state index contributed by atoms with van der Waals surface area (Å²) in [4.78, 5) is 10.4. The van der Waals surface area contributed by atoms with Gasteiger partial charge in [0, 0.05) is 12.2 Å². The number of hydrogen-bond donors (Lipinski definition) is 0. The second kappa shape index (κ2) is 16.9. The molecule has 0 atom stereocenters. The molecule has 0 aliphatic heterocycles. The highest BCUT2D eigenvalue weighted by molar-refractivity contribution is 7.99. The maximum atomic E-state index is 10.4. The third-order valence-electron chi connectivity index (χ3n) is 3.62. The van der Waals surface area contributed by atoms with Gasteiger partial charge in [-0.1, -0.05) is 77.6 Å². The van der Waals surface area contributed by atoms with E-state index in [1.807, 2.05) is 11.8 Å². The minimum Gasteiger partial charge on any atom is -0.273 e. The summed E-state index contributed by atoms with van der Waals surface area (Å²) < 4.78 is 0. The van der Waals surface area contributed by atoms with Crippen LogP contribution in [-0.2, 0) is 4.79 Å². The van der Waals surface area contributed by atoms with Crippen molar-refractivity contribution in [3.8, 4) is 0 Å². The lowest BCUT2D eigenvalue weighted by Gasteiger charge is -2.03. The highest BCUT2D eigenvalue weighted by Crippen LogP contribution is 2.13. The van der Waals surface area contributed by atoms with Crippen molar-refractivity contribution in [1.29, 1.82) is 0 Å². The molecule has 1 N–H and O–H groups in total. The highest BCUT2D eigenvalue weighted by Gasteiger charge is 1.96. The molecule has 0 spiro atoms. The van der Waals surface area contributed by atoms with Gasteiger partial charge in [0.15, 0.2) is 0 Å². The fraction of sp³-hybridized carbons (Fsp3) is 0.941. The molecule has 0 heterocycles. The van der Waals surface area contributed by atoms with Crippen molar-refractivity contribution < 1.29 is 4.79 Å². The Morgan fingerprint density at radius 3 is 1.65 bits per heavy atom. The Hall–Kier alpha value is -0.180. The van der Waals surface area contributed by atoms with Crippen LogP contribution in [0.25, 0.3) is 0 Å². The first-order valence-electron chi connectivity index (χ1n) is 8.59. The van der Waals surface area contributed by atoms with Crippen LogP contribution in [0.2, 0.25) is 0 Å². The predicted octanol–water partition coefficient (Wildman–Crippen LogP) is 5.62. The minimum atomic E-state index is -0.424. The van der Waals surface area contributed by atoms with Crippen LogP contribution < -0.4 is 5.73 Å². The van der Waals surface area contributed by atoms with E-state index in [9.17, 15) is 4.79 Å². The topological polar surface area (TPSA) is 40.9 Å². The molecule has 3 heteroatoms. The Morgan fingerprint density at radius 1 is 0.750 bits per heavy atom. The van der Waals surface area contributed by atoms with Crippen LogP contribution in [0, 0.1) is 0 Å². The van der Waals surface area contributed by atoms with E-state index in [0.29, 0.717) is 6.42 Å². The smallest absolute Gasteiger partial charge is 0.239 e. The minimum absolute atomic E-state index is 0.420. The van der Waals surface area contributed by atoms with Crippen molar-refractivity contribution in [2.75, 3.05) is 11.5 Å². The van der Waals surface area contributed by atoms with Crippen molar-refractivity contribution in [1.82, 2.24) is 5.73 Å². The number of rotatable bonds is 16. The van der Waals surface area contributed by atoms with Gasteiger partial charge in [0.05, 0.1) is 0 Å². The predicted molar refractivity (Wildman–Crippen MR) is 91.1 cm³/mol. The van der Waals surface area contributed by atoms with Gasteiger partial charge >= 0.3 is 0 Å². The molecule has 0 fully saturated rings. The summed E-state index contributed by atoms with van der Waals surface area (Å²) in [7, 11) is 0. The molecular formula is C17H34NOS. The lowest BCUT2D eigenvalue weighted by Crippen LogP contribution is -1.99. The van der Waals surface area contributed by atoms with E-state index in [1.165, 1.54) is 77.0 Å². The van der Waals surface area contributed by atoms with Gasteiger partial charge in [-0.25, -0.2) is 0 Å². The molecule has 119 valence electrons. The van der Waals surface area contributed by atoms with Gasteiger partial charge < -0.3 is 0 Å². The number of nitrogens with one attached hydrogen (secondary N) is 1. The molecule has 20 heavy (non-hydrogen) atoms. The Labute approximate surface area is 130 Å². The number of amides is 1. The number of thioether (sulfide) groups is 1. The van der Waals surface area contributed by atoms with Gasteiger partial charge in [0.25, 0.3) is 0 Å². The number of carbonyl (C=O) groups is 1. The Kier molecular flexibility index (Phi) is 16.7. The van der Waals surface area contributed by atoms with E-state index >= 15 is 0 Å². The molecule has 0 unspecified atom stereocenters. The van der Waals surface area contributed by atoms with Crippen molar-refractivity contribution >= 4 is 17.7 Å². The standard InChI is InChI=1S/C17H34NOS/c1-2-3-4-5-6-7-8-9-10-11-12-13-15-20-16-14-17(18)19/h18H,2-16H2,1H3. The summed E-state index contributed by atoms with van der Waals surface area (Å²) in [5.41, 5.74) is 6.80. The molecule has 1 radical (unpaired) electrons. The quantitative estimate of drug-likeness (QED) is 0.347. The molecule has 0 rings (SSSR count). The molecule has 0 aromatic carbocycles. The van der Waals surface area contributed by atoms with Gasteiger partial charge in [0.2, 0.25) is 5.91 Å². The summed E-state index contributed by atoms with van der Waals surface area (Å²) in [5, 5.41) is 0. The fourth-order valence-corrected chi connectivity index (χ4v) is 3.25. The number of carbonyl (C=O) groups excluding carboxylic acids is 1. The van der Waals surface area contributed by atoms with Gasteiger partial charge in [-0.3, -0.25) is 10.5 Å². The maximum Gasteiger partial charge on any atom is 0.239 e. The molecular weight excluding hydrogens is 266 g/mol. The number of unbranched alkanes of at least 4 members (excludes halogenated alkanes) is 11. The molecule has 0 saturated carbocycles. The van der Waals surface area contributed by atoms with Crippen LogP contribution in [0.1, 0.15) is 90.4 Å². The highest BCUT2D eigenvalue weighted by atomic mass is 32.2. The number of hydrogen-bond acceptors (Lipinski definition) is 2. The fourth-order valence-electron chi connectivity index (χ4n) is 2.31. The average molecular weight is 301 g/mol. The third kappa shape index (κ3) is 17.8. The maximum absolute atomic E-state index is 10.4. The lowest BCUT2D eigenvalue weighted by molar-refractivity contribution is -0.118. The molecule has 0 aromatic heterocycles. The van der Waals surface area contributed by atoms with E-state index in [-0.39, 0.29) is 0 Å². The third-order valence-corrected chi connectivity index (χ3v) is 4.69. The Morgan fingerprint density at radius 2 is 1.20 bits per heavy atom. The summed E-state index contributed by atoms with van der Waals surface area (Å²) in [6, 6.07) is 0. The molecule has 0 aromatic rings. The van der Waals surface area contributed by atoms with Crippen molar-refractivity contribution in [2.45, 2.75) is 90.4 Å². The molecule has 0 bridgehead atoms. The summed E-state index contributed by atoms with van der Waals surface area (Å²) in [5.74, 6) is 1.57. The van der Waals surface area contributed by atoms with Crippen molar-refractivity contribution in [3.05, 3.63) is 0 Å². The monoisotopic (exact) mass is 300 g/mol. The normalized spacial score (nSPS) is 10.8. The van der Waals surface area contributed by atoms with Gasteiger partial charge in [0.1, 0.15) is 0 Å². The zero-order chi connectivity index (χ0) is 14.9.